The fourth-order valence-corrected chi connectivity index (χ4v) is 6.80. The second-order valence-electron chi connectivity index (χ2n) is 9.64. The van der Waals surface area contributed by atoms with Crippen molar-refractivity contribution in [2.75, 3.05) is 7.11 Å². The number of carbonyl (C=O) groups excluding carboxylic acids is 1. The number of rotatable bonds is 4. The minimum atomic E-state index is -0.203. The lowest BCUT2D eigenvalue weighted by Gasteiger charge is -2.53. The molecule has 5 rings (SSSR count). The van der Waals surface area contributed by atoms with Gasteiger partial charge in [-0.05, 0) is 67.7 Å². The van der Waals surface area contributed by atoms with Crippen LogP contribution in [-0.4, -0.2) is 35.1 Å². The lowest BCUT2D eigenvalue weighted by atomic mass is 9.59. The highest BCUT2D eigenvalue weighted by Crippen LogP contribution is 2.52. The van der Waals surface area contributed by atoms with Gasteiger partial charge in [-0.1, -0.05) is 19.9 Å². The SMILES string of the molecule is CCC1(N=C2NC(=O)/C(=C/c3ccc4ncsc4c3)N2)CC2CC(C)CC(OC)(C2)C1. The monoisotopic (exact) mass is 438 g/mol. The van der Waals surface area contributed by atoms with Crippen LogP contribution in [0.25, 0.3) is 16.3 Å². The highest BCUT2D eigenvalue weighted by Gasteiger charge is 2.51. The first kappa shape index (κ1) is 20.6. The van der Waals surface area contributed by atoms with E-state index in [2.05, 4.69) is 35.5 Å². The fourth-order valence-electron chi connectivity index (χ4n) is 6.07. The van der Waals surface area contributed by atoms with Gasteiger partial charge >= 0.3 is 0 Å². The number of methoxy groups -OCH3 is 1. The van der Waals surface area contributed by atoms with E-state index in [1.807, 2.05) is 30.8 Å². The smallest absolute Gasteiger partial charge is 0.274 e. The lowest BCUT2D eigenvalue weighted by Crippen LogP contribution is -2.53. The second kappa shape index (κ2) is 7.71. The number of aromatic nitrogens is 1. The summed E-state index contributed by atoms with van der Waals surface area (Å²) in [7, 11) is 1.85. The topological polar surface area (TPSA) is 75.6 Å². The van der Waals surface area contributed by atoms with E-state index in [0.717, 1.165) is 47.9 Å². The van der Waals surface area contributed by atoms with Crippen molar-refractivity contribution in [3.63, 3.8) is 0 Å². The van der Waals surface area contributed by atoms with Crippen LogP contribution in [0, 0.1) is 11.8 Å². The van der Waals surface area contributed by atoms with Crippen LogP contribution in [0.3, 0.4) is 0 Å². The zero-order valence-electron chi connectivity index (χ0n) is 18.4. The van der Waals surface area contributed by atoms with Crippen LogP contribution in [-0.2, 0) is 9.53 Å². The molecule has 0 radical (unpaired) electrons. The van der Waals surface area contributed by atoms with Gasteiger partial charge in [0, 0.05) is 13.5 Å². The number of aliphatic imine (C=N–C) groups is 1. The molecule has 2 aliphatic carbocycles. The molecule has 1 aromatic carbocycles. The second-order valence-corrected chi connectivity index (χ2v) is 10.5. The molecule has 6 nitrogen and oxygen atoms in total. The number of guanidine groups is 1. The van der Waals surface area contributed by atoms with Gasteiger partial charge in [0.1, 0.15) is 5.70 Å². The molecule has 1 aliphatic heterocycles. The Bertz CT molecular complexity index is 1070. The van der Waals surface area contributed by atoms with Crippen LogP contribution < -0.4 is 10.6 Å². The van der Waals surface area contributed by atoms with Crippen LogP contribution in [0.1, 0.15) is 57.9 Å². The molecule has 2 bridgehead atoms. The molecule has 3 fully saturated rings. The van der Waals surface area contributed by atoms with E-state index in [1.54, 1.807) is 11.3 Å². The summed E-state index contributed by atoms with van der Waals surface area (Å²) in [5.74, 6) is 1.74. The first-order valence-corrected chi connectivity index (χ1v) is 12.1. The lowest BCUT2D eigenvalue weighted by molar-refractivity contribution is -0.115. The van der Waals surface area contributed by atoms with Gasteiger partial charge in [-0.2, -0.15) is 0 Å². The Kier molecular flexibility index (Phi) is 5.13. The number of nitrogens with zero attached hydrogens (tertiary/aromatic N) is 2. The number of thiazole rings is 1. The number of carbonyl (C=O) groups is 1. The Morgan fingerprint density at radius 2 is 2.19 bits per heavy atom. The van der Waals surface area contributed by atoms with Crippen LogP contribution in [0.4, 0.5) is 0 Å². The summed E-state index contributed by atoms with van der Waals surface area (Å²) in [5.41, 5.74) is 4.02. The van der Waals surface area contributed by atoms with Crippen molar-refractivity contribution in [2.24, 2.45) is 16.8 Å². The maximum absolute atomic E-state index is 12.6. The van der Waals surface area contributed by atoms with Gasteiger partial charge in [-0.25, -0.2) is 9.98 Å². The first-order chi connectivity index (χ1) is 14.9. The summed E-state index contributed by atoms with van der Waals surface area (Å²) in [6, 6.07) is 6.03. The van der Waals surface area contributed by atoms with E-state index in [4.69, 9.17) is 9.73 Å². The normalized spacial score (nSPS) is 35.5. The summed E-state index contributed by atoms with van der Waals surface area (Å²) < 4.78 is 7.21. The minimum absolute atomic E-state index is 0.0912. The van der Waals surface area contributed by atoms with Crippen molar-refractivity contribution in [1.82, 2.24) is 15.6 Å². The van der Waals surface area contributed by atoms with Crippen molar-refractivity contribution in [1.29, 1.82) is 0 Å². The van der Waals surface area contributed by atoms with Crippen molar-refractivity contribution in [3.05, 3.63) is 35.0 Å². The Labute approximate surface area is 187 Å². The molecule has 3 aliphatic rings. The molecule has 0 spiro atoms. The maximum Gasteiger partial charge on any atom is 0.274 e. The van der Waals surface area contributed by atoms with E-state index < -0.39 is 0 Å². The zero-order chi connectivity index (χ0) is 21.6. The molecule has 2 heterocycles. The van der Waals surface area contributed by atoms with E-state index in [-0.39, 0.29) is 17.0 Å². The van der Waals surface area contributed by atoms with E-state index in [1.165, 1.54) is 6.42 Å². The van der Waals surface area contributed by atoms with E-state index in [0.29, 0.717) is 23.5 Å². The number of benzene rings is 1. The standard InChI is InChI=1S/C24H30N4O2S/c1-4-23(11-17-7-15(2)10-24(12-17,13-23)30-3)28-22-26-19(21(29)27-22)8-16-5-6-18-20(9-16)31-14-25-18/h5-6,8-9,14-15,17H,4,7,10-13H2,1-3H3,(H2,26,27,28,29)/b19-8-. The van der Waals surface area contributed by atoms with Crippen LogP contribution in [0.5, 0.6) is 0 Å². The first-order valence-electron chi connectivity index (χ1n) is 11.2. The third-order valence-electron chi connectivity index (χ3n) is 7.27. The van der Waals surface area contributed by atoms with Gasteiger partial charge in [-0.15, -0.1) is 11.3 Å². The maximum atomic E-state index is 12.6. The van der Waals surface area contributed by atoms with Crippen molar-refractivity contribution in [3.8, 4) is 0 Å². The Morgan fingerprint density at radius 3 is 3.00 bits per heavy atom. The molecule has 2 aromatic rings. The number of fused-ring (bicyclic) bond motifs is 3. The summed E-state index contributed by atoms with van der Waals surface area (Å²) >= 11 is 1.60. The van der Waals surface area contributed by atoms with Crippen LogP contribution in [0.2, 0.25) is 0 Å². The molecule has 4 atom stereocenters. The Balaban J connectivity index is 1.40. The molecule has 1 amide bonds. The molecule has 7 heteroatoms. The average Bonchev–Trinajstić information content (AvgIpc) is 3.33. The zero-order valence-corrected chi connectivity index (χ0v) is 19.2. The number of hydrogen-bond acceptors (Lipinski definition) is 5. The van der Waals surface area contributed by atoms with Crippen LogP contribution in [0.15, 0.2) is 34.4 Å². The van der Waals surface area contributed by atoms with E-state index in [9.17, 15) is 4.79 Å². The highest BCUT2D eigenvalue weighted by molar-refractivity contribution is 7.16. The summed E-state index contributed by atoms with van der Waals surface area (Å²) in [4.78, 5) is 22.1. The number of nitrogens with one attached hydrogen (secondary N) is 2. The number of ether oxygens (including phenoxy) is 1. The van der Waals surface area contributed by atoms with Crippen LogP contribution >= 0.6 is 11.3 Å². The van der Waals surface area contributed by atoms with Gasteiger partial charge in [0.05, 0.1) is 26.9 Å². The molecule has 2 N–H and O–H groups in total. The Morgan fingerprint density at radius 1 is 1.32 bits per heavy atom. The summed E-state index contributed by atoms with van der Waals surface area (Å²) in [6.07, 6.45) is 8.25. The van der Waals surface area contributed by atoms with Gasteiger partial charge in [0.15, 0.2) is 0 Å². The third-order valence-corrected chi connectivity index (χ3v) is 8.06. The molecule has 164 valence electrons. The average molecular weight is 439 g/mol. The summed E-state index contributed by atoms with van der Waals surface area (Å²) in [5, 5.41) is 6.19. The van der Waals surface area contributed by atoms with Gasteiger partial charge in [0.2, 0.25) is 5.96 Å². The molecule has 31 heavy (non-hydrogen) atoms. The van der Waals surface area contributed by atoms with Gasteiger partial charge in [-0.3, -0.25) is 10.1 Å². The quantitative estimate of drug-likeness (QED) is 0.691. The van der Waals surface area contributed by atoms with Crippen molar-refractivity contribution in [2.45, 2.75) is 63.5 Å². The predicted molar refractivity (Wildman–Crippen MR) is 125 cm³/mol. The molecular formula is C24H30N4O2S. The predicted octanol–water partition coefficient (Wildman–Crippen LogP) is 4.48. The summed E-state index contributed by atoms with van der Waals surface area (Å²) in [6.45, 7) is 4.54. The number of hydrogen-bond donors (Lipinski definition) is 2. The minimum Gasteiger partial charge on any atom is -0.378 e. The number of amides is 1. The van der Waals surface area contributed by atoms with Gasteiger partial charge in [0.25, 0.3) is 5.91 Å². The molecule has 2 saturated carbocycles. The largest absolute Gasteiger partial charge is 0.378 e. The molecule has 1 saturated heterocycles. The Hall–Kier alpha value is -2.25. The molecule has 1 aromatic heterocycles. The van der Waals surface area contributed by atoms with Crippen molar-refractivity contribution < 1.29 is 9.53 Å². The fraction of sp³-hybridized carbons (Fsp3) is 0.542. The van der Waals surface area contributed by atoms with Crippen molar-refractivity contribution >= 4 is 39.5 Å². The van der Waals surface area contributed by atoms with Gasteiger partial charge < -0.3 is 10.1 Å². The molecule has 4 unspecified atom stereocenters. The highest BCUT2D eigenvalue weighted by atomic mass is 32.1. The van der Waals surface area contributed by atoms with E-state index >= 15 is 0 Å². The third kappa shape index (κ3) is 3.89. The molecular weight excluding hydrogens is 408 g/mol.